The number of hydrogen-bond acceptors (Lipinski definition) is 6. The fourth-order valence-electron chi connectivity index (χ4n) is 2.57. The van der Waals surface area contributed by atoms with Gasteiger partial charge in [0.2, 0.25) is 0 Å². The molecule has 0 bridgehead atoms. The first-order valence-corrected chi connectivity index (χ1v) is 10.3. The molecule has 0 aliphatic heterocycles. The summed E-state index contributed by atoms with van der Waals surface area (Å²) in [7, 11) is 0. The second-order valence-electron chi connectivity index (χ2n) is 8.75. The van der Waals surface area contributed by atoms with Gasteiger partial charge >= 0.3 is 12.2 Å². The molecule has 28 heavy (non-hydrogen) atoms. The Bertz CT molecular complexity index is 818. The summed E-state index contributed by atoms with van der Waals surface area (Å²) in [6.45, 7) is 12.8. The Morgan fingerprint density at radius 1 is 1.04 bits per heavy atom. The summed E-state index contributed by atoms with van der Waals surface area (Å²) in [5, 5.41) is 1.04. The highest BCUT2D eigenvalue weighted by Crippen LogP contribution is 2.23. The Morgan fingerprint density at radius 3 is 2.14 bits per heavy atom. The quantitative estimate of drug-likeness (QED) is 0.650. The molecule has 1 aromatic heterocycles. The van der Waals surface area contributed by atoms with E-state index < -0.39 is 23.4 Å². The van der Waals surface area contributed by atoms with Crippen LogP contribution in [0.3, 0.4) is 0 Å². The van der Waals surface area contributed by atoms with Crippen LogP contribution < -0.4 is 0 Å². The van der Waals surface area contributed by atoms with Gasteiger partial charge in [0.15, 0.2) is 0 Å². The monoisotopic (exact) mass is 406 g/mol. The molecule has 0 unspecified atom stereocenters. The lowest BCUT2D eigenvalue weighted by molar-refractivity contribution is 0.00130. The van der Waals surface area contributed by atoms with Crippen LogP contribution in [0.25, 0.3) is 10.2 Å². The molecule has 1 aromatic carbocycles. The number of thiazole rings is 1. The number of amides is 2. The van der Waals surface area contributed by atoms with Crippen molar-refractivity contribution in [3.05, 3.63) is 28.8 Å². The third-order valence-corrected chi connectivity index (χ3v) is 4.57. The highest BCUT2D eigenvalue weighted by atomic mass is 32.1. The van der Waals surface area contributed by atoms with Crippen molar-refractivity contribution in [3.63, 3.8) is 0 Å². The topological polar surface area (TPSA) is 68.7 Å². The Hall–Kier alpha value is -2.15. The van der Waals surface area contributed by atoms with Crippen molar-refractivity contribution >= 4 is 33.7 Å². The Morgan fingerprint density at radius 2 is 1.61 bits per heavy atom. The fraction of sp³-hybridized carbons (Fsp3) is 0.571. The van der Waals surface area contributed by atoms with Gasteiger partial charge in [0.1, 0.15) is 11.2 Å². The van der Waals surface area contributed by atoms with E-state index in [1.807, 2.05) is 19.1 Å². The molecule has 0 saturated heterocycles. The number of fused-ring (bicyclic) bond motifs is 1. The summed E-state index contributed by atoms with van der Waals surface area (Å²) in [6, 6.07) is 6.16. The first kappa shape index (κ1) is 22.1. The van der Waals surface area contributed by atoms with Crippen molar-refractivity contribution in [3.8, 4) is 0 Å². The fourth-order valence-corrected chi connectivity index (χ4v) is 3.46. The van der Waals surface area contributed by atoms with Gasteiger partial charge < -0.3 is 9.47 Å². The Labute approximate surface area is 170 Å². The molecule has 6 nitrogen and oxygen atoms in total. The zero-order chi connectivity index (χ0) is 21.1. The zero-order valence-corrected chi connectivity index (χ0v) is 18.6. The molecule has 7 heteroatoms. The number of imide groups is 1. The van der Waals surface area contributed by atoms with Crippen LogP contribution in [-0.4, -0.2) is 39.8 Å². The lowest BCUT2D eigenvalue weighted by atomic mass is 10.1. The van der Waals surface area contributed by atoms with Crippen molar-refractivity contribution < 1.29 is 19.1 Å². The maximum absolute atomic E-state index is 12.5. The predicted molar refractivity (Wildman–Crippen MR) is 112 cm³/mol. The standard InChI is InChI=1S/C21H30N2O4S/c1-14-22-16-11-10-15(13-17(16)28-14)9-8-12-23(18(24)26-20(2,3)4)19(25)27-21(5,6)7/h10-11,13H,8-9,12H2,1-7H3. The summed E-state index contributed by atoms with van der Waals surface area (Å²) >= 11 is 1.66. The van der Waals surface area contributed by atoms with Gasteiger partial charge in [-0.3, -0.25) is 0 Å². The van der Waals surface area contributed by atoms with Gasteiger partial charge in [-0.25, -0.2) is 19.5 Å². The van der Waals surface area contributed by atoms with E-state index in [0.29, 0.717) is 6.42 Å². The lowest BCUT2D eigenvalue weighted by Crippen LogP contribution is -2.44. The van der Waals surface area contributed by atoms with Crippen LogP contribution in [0.15, 0.2) is 18.2 Å². The summed E-state index contributed by atoms with van der Waals surface area (Å²) < 4.78 is 11.9. The minimum Gasteiger partial charge on any atom is -0.443 e. The molecule has 154 valence electrons. The smallest absolute Gasteiger partial charge is 0.419 e. The van der Waals surface area contributed by atoms with Crippen LogP contribution in [0.4, 0.5) is 9.59 Å². The molecule has 2 amide bonds. The Balaban J connectivity index is 2.05. The molecule has 0 aliphatic carbocycles. The van der Waals surface area contributed by atoms with Crippen molar-refractivity contribution in [2.75, 3.05) is 6.54 Å². The van der Waals surface area contributed by atoms with E-state index in [1.165, 1.54) is 0 Å². The molecular weight excluding hydrogens is 376 g/mol. The summed E-state index contributed by atoms with van der Waals surface area (Å²) in [4.78, 5) is 30.5. The third kappa shape index (κ3) is 6.78. The van der Waals surface area contributed by atoms with Crippen LogP contribution in [0.2, 0.25) is 0 Å². The minimum atomic E-state index is -0.688. The van der Waals surface area contributed by atoms with Crippen LogP contribution in [0.1, 0.15) is 58.5 Å². The number of nitrogens with zero attached hydrogens (tertiary/aromatic N) is 2. The van der Waals surface area contributed by atoms with Crippen LogP contribution in [0.5, 0.6) is 0 Å². The lowest BCUT2D eigenvalue weighted by Gasteiger charge is -2.28. The number of hydrogen-bond donors (Lipinski definition) is 0. The van der Waals surface area contributed by atoms with E-state index in [-0.39, 0.29) is 6.54 Å². The first-order chi connectivity index (χ1) is 12.8. The number of ether oxygens (including phenoxy) is 2. The molecule has 0 saturated carbocycles. The van der Waals surface area contributed by atoms with Crippen molar-refractivity contribution in [2.45, 2.75) is 72.5 Å². The zero-order valence-electron chi connectivity index (χ0n) is 17.8. The van der Waals surface area contributed by atoms with Gasteiger partial charge in [0.25, 0.3) is 0 Å². The summed E-state index contributed by atoms with van der Waals surface area (Å²) in [5.74, 6) is 0. The maximum atomic E-state index is 12.5. The number of carbonyl (C=O) groups is 2. The highest BCUT2D eigenvalue weighted by molar-refractivity contribution is 7.18. The molecule has 2 rings (SSSR count). The SMILES string of the molecule is Cc1nc2ccc(CCCN(C(=O)OC(C)(C)C)C(=O)OC(C)(C)C)cc2s1. The average molecular weight is 407 g/mol. The maximum Gasteiger partial charge on any atom is 0.419 e. The van der Waals surface area contributed by atoms with E-state index in [9.17, 15) is 9.59 Å². The Kier molecular flexibility index (Phi) is 6.70. The summed E-state index contributed by atoms with van der Waals surface area (Å²) in [6.07, 6.45) is -0.0258. The molecule has 0 aliphatic rings. The molecule has 0 spiro atoms. The summed E-state index contributed by atoms with van der Waals surface area (Å²) in [5.41, 5.74) is 0.763. The number of carbonyl (C=O) groups excluding carboxylic acids is 2. The number of benzene rings is 1. The molecule has 0 radical (unpaired) electrons. The van der Waals surface area contributed by atoms with E-state index in [1.54, 1.807) is 52.9 Å². The van der Waals surface area contributed by atoms with Crippen molar-refractivity contribution in [2.24, 2.45) is 0 Å². The van der Waals surface area contributed by atoms with Gasteiger partial charge in [-0.2, -0.15) is 0 Å². The normalized spacial score (nSPS) is 12.1. The average Bonchev–Trinajstić information content (AvgIpc) is 2.87. The van der Waals surface area contributed by atoms with E-state index >= 15 is 0 Å². The van der Waals surface area contributed by atoms with Gasteiger partial charge in [0, 0.05) is 6.54 Å². The van der Waals surface area contributed by atoms with E-state index in [4.69, 9.17) is 9.47 Å². The number of aryl methyl sites for hydroxylation is 2. The second-order valence-corrected chi connectivity index (χ2v) is 9.99. The first-order valence-electron chi connectivity index (χ1n) is 9.44. The van der Waals surface area contributed by atoms with Gasteiger partial charge in [-0.1, -0.05) is 6.07 Å². The molecular formula is C21H30N2O4S. The van der Waals surface area contributed by atoms with Crippen LogP contribution in [0, 0.1) is 6.92 Å². The molecule has 2 aromatic rings. The van der Waals surface area contributed by atoms with Crippen molar-refractivity contribution in [1.82, 2.24) is 9.88 Å². The van der Waals surface area contributed by atoms with Crippen LogP contribution >= 0.6 is 11.3 Å². The molecule has 1 heterocycles. The van der Waals surface area contributed by atoms with Gasteiger partial charge in [-0.15, -0.1) is 11.3 Å². The van der Waals surface area contributed by atoms with Gasteiger partial charge in [0.05, 0.1) is 15.2 Å². The molecule has 0 fully saturated rings. The molecule has 0 atom stereocenters. The van der Waals surface area contributed by atoms with Crippen LogP contribution in [-0.2, 0) is 15.9 Å². The van der Waals surface area contributed by atoms with E-state index in [2.05, 4.69) is 11.1 Å². The number of aromatic nitrogens is 1. The minimum absolute atomic E-state index is 0.226. The largest absolute Gasteiger partial charge is 0.443 e. The number of rotatable bonds is 4. The van der Waals surface area contributed by atoms with E-state index in [0.717, 1.165) is 32.1 Å². The predicted octanol–water partition coefficient (Wildman–Crippen LogP) is 5.71. The molecule has 0 N–H and O–H groups in total. The van der Waals surface area contributed by atoms with Crippen molar-refractivity contribution in [1.29, 1.82) is 0 Å². The third-order valence-electron chi connectivity index (χ3n) is 3.63. The highest BCUT2D eigenvalue weighted by Gasteiger charge is 2.30. The van der Waals surface area contributed by atoms with Gasteiger partial charge in [-0.05, 0) is 79.0 Å². The second kappa shape index (κ2) is 8.47.